The topological polar surface area (TPSA) is 104 Å². The van der Waals surface area contributed by atoms with Gasteiger partial charge in [0, 0.05) is 12.5 Å². The van der Waals surface area contributed by atoms with E-state index in [4.69, 9.17) is 5.11 Å². The lowest BCUT2D eigenvalue weighted by molar-refractivity contribution is -0.137. The third-order valence-electron chi connectivity index (χ3n) is 3.62. The molecule has 0 radical (unpaired) electrons. The maximum absolute atomic E-state index is 10.9. The summed E-state index contributed by atoms with van der Waals surface area (Å²) < 4.78 is 0. The molecule has 7 nitrogen and oxygen atoms in total. The second-order valence-electron chi connectivity index (χ2n) is 5.32. The average Bonchev–Trinajstić information content (AvgIpc) is 3.03. The van der Waals surface area contributed by atoms with Crippen molar-refractivity contribution in [1.82, 2.24) is 20.2 Å². The van der Waals surface area contributed by atoms with Gasteiger partial charge in [-0.25, -0.2) is 9.97 Å². The van der Waals surface area contributed by atoms with Crippen molar-refractivity contribution < 1.29 is 9.90 Å². The van der Waals surface area contributed by atoms with Gasteiger partial charge in [-0.05, 0) is 18.4 Å². The predicted octanol–water partition coefficient (Wildman–Crippen LogP) is 2.24. The van der Waals surface area contributed by atoms with Crippen molar-refractivity contribution in [1.29, 1.82) is 0 Å². The molecule has 0 aliphatic carbocycles. The maximum atomic E-state index is 10.9. The van der Waals surface area contributed by atoms with Gasteiger partial charge in [-0.3, -0.25) is 9.89 Å². The molecule has 1 atom stereocenters. The Hall–Kier alpha value is -2.96. The van der Waals surface area contributed by atoms with Crippen molar-refractivity contribution in [2.24, 2.45) is 0 Å². The lowest BCUT2D eigenvalue weighted by Crippen LogP contribution is -2.24. The van der Waals surface area contributed by atoms with Crippen molar-refractivity contribution in [3.05, 3.63) is 48.4 Å². The molecule has 23 heavy (non-hydrogen) atoms. The molecule has 0 aliphatic rings. The standard InChI is InChI=1S/C16H17N5O2/c22-14(23)7-6-12(8-11-4-2-1-3-5-11)20-15-13-9-19-21-16(13)18-10-17-15/h1-5,9-10,12H,6-8H2,(H,22,23)(H2,17,18,19,20,21). The molecule has 0 bridgehead atoms. The van der Waals surface area contributed by atoms with Gasteiger partial charge < -0.3 is 10.4 Å². The molecule has 1 unspecified atom stereocenters. The van der Waals surface area contributed by atoms with E-state index in [2.05, 4.69) is 25.5 Å². The number of fused-ring (bicyclic) bond motifs is 1. The number of aliphatic carboxylic acids is 1. The summed E-state index contributed by atoms with van der Waals surface area (Å²) in [6, 6.07) is 9.93. The second-order valence-corrected chi connectivity index (χ2v) is 5.32. The van der Waals surface area contributed by atoms with Gasteiger partial charge in [-0.2, -0.15) is 5.10 Å². The molecule has 118 valence electrons. The smallest absolute Gasteiger partial charge is 0.303 e. The lowest BCUT2D eigenvalue weighted by atomic mass is 10.0. The van der Waals surface area contributed by atoms with Gasteiger partial charge in [0.05, 0.1) is 11.6 Å². The third kappa shape index (κ3) is 3.82. The van der Waals surface area contributed by atoms with E-state index in [0.717, 1.165) is 17.4 Å². The van der Waals surface area contributed by atoms with Gasteiger partial charge in [0.25, 0.3) is 0 Å². The highest BCUT2D eigenvalue weighted by Crippen LogP contribution is 2.19. The summed E-state index contributed by atoms with van der Waals surface area (Å²) in [6.45, 7) is 0. The number of nitrogens with zero attached hydrogens (tertiary/aromatic N) is 3. The second kappa shape index (κ2) is 6.87. The number of carboxylic acids is 1. The summed E-state index contributed by atoms with van der Waals surface area (Å²) in [5, 5.41) is 19.9. The first-order valence-electron chi connectivity index (χ1n) is 7.38. The van der Waals surface area contributed by atoms with Gasteiger partial charge in [-0.15, -0.1) is 0 Å². The van der Waals surface area contributed by atoms with Crippen LogP contribution >= 0.6 is 0 Å². The van der Waals surface area contributed by atoms with E-state index >= 15 is 0 Å². The SMILES string of the molecule is O=C(O)CCC(Cc1ccccc1)Nc1ncnc2[nH]ncc12. The van der Waals surface area contributed by atoms with Crippen molar-refractivity contribution in [3.8, 4) is 0 Å². The molecule has 0 spiro atoms. The van der Waals surface area contributed by atoms with E-state index in [1.54, 1.807) is 6.20 Å². The van der Waals surface area contributed by atoms with Crippen LogP contribution in [0, 0.1) is 0 Å². The van der Waals surface area contributed by atoms with Crippen LogP contribution in [0.4, 0.5) is 5.82 Å². The van der Waals surface area contributed by atoms with E-state index in [0.29, 0.717) is 17.9 Å². The number of anilines is 1. The number of aromatic amines is 1. The normalized spacial score (nSPS) is 12.2. The van der Waals surface area contributed by atoms with Crippen LogP contribution in [0.15, 0.2) is 42.9 Å². The molecule has 0 saturated heterocycles. The maximum Gasteiger partial charge on any atom is 0.303 e. The Bertz CT molecular complexity index is 787. The monoisotopic (exact) mass is 311 g/mol. The van der Waals surface area contributed by atoms with Gasteiger partial charge in [-0.1, -0.05) is 30.3 Å². The zero-order valence-corrected chi connectivity index (χ0v) is 12.4. The predicted molar refractivity (Wildman–Crippen MR) is 86.1 cm³/mol. The van der Waals surface area contributed by atoms with Gasteiger partial charge in [0.15, 0.2) is 5.65 Å². The van der Waals surface area contributed by atoms with Crippen LogP contribution in [-0.4, -0.2) is 37.3 Å². The fraction of sp³-hybridized carbons (Fsp3) is 0.250. The van der Waals surface area contributed by atoms with Crippen molar-refractivity contribution >= 4 is 22.8 Å². The van der Waals surface area contributed by atoms with Crippen LogP contribution in [0.3, 0.4) is 0 Å². The van der Waals surface area contributed by atoms with Crippen LogP contribution in [-0.2, 0) is 11.2 Å². The molecule has 1 aromatic carbocycles. The van der Waals surface area contributed by atoms with Crippen LogP contribution < -0.4 is 5.32 Å². The molecule has 0 aliphatic heterocycles. The number of rotatable bonds is 7. The Morgan fingerprint density at radius 3 is 2.87 bits per heavy atom. The third-order valence-corrected chi connectivity index (χ3v) is 3.62. The molecule has 2 heterocycles. The Morgan fingerprint density at radius 2 is 2.09 bits per heavy atom. The first-order valence-corrected chi connectivity index (χ1v) is 7.38. The number of H-pyrrole nitrogens is 1. The summed E-state index contributed by atoms with van der Waals surface area (Å²) in [7, 11) is 0. The van der Waals surface area contributed by atoms with E-state index in [1.165, 1.54) is 6.33 Å². The van der Waals surface area contributed by atoms with Crippen LogP contribution in [0.5, 0.6) is 0 Å². The summed E-state index contributed by atoms with van der Waals surface area (Å²) in [6.07, 6.45) is 4.45. The van der Waals surface area contributed by atoms with Crippen molar-refractivity contribution in [2.45, 2.75) is 25.3 Å². The molecule has 0 fully saturated rings. The number of carbonyl (C=O) groups is 1. The van der Waals surface area contributed by atoms with E-state index in [9.17, 15) is 4.79 Å². The van der Waals surface area contributed by atoms with Gasteiger partial charge in [0.1, 0.15) is 12.1 Å². The molecular weight excluding hydrogens is 294 g/mol. The highest BCUT2D eigenvalue weighted by Gasteiger charge is 2.15. The Kier molecular flexibility index (Phi) is 4.46. The molecule has 3 aromatic rings. The number of carboxylic acid groups (broad SMARTS) is 1. The molecular formula is C16H17N5O2. The number of nitrogens with one attached hydrogen (secondary N) is 2. The molecule has 2 aromatic heterocycles. The summed E-state index contributed by atoms with van der Waals surface area (Å²) in [5.41, 5.74) is 1.80. The zero-order chi connectivity index (χ0) is 16.1. The minimum atomic E-state index is -0.805. The number of benzene rings is 1. The number of hydrogen-bond donors (Lipinski definition) is 3. The first-order chi connectivity index (χ1) is 11.2. The molecule has 0 saturated carbocycles. The van der Waals surface area contributed by atoms with Crippen molar-refractivity contribution in [2.75, 3.05) is 5.32 Å². The zero-order valence-electron chi connectivity index (χ0n) is 12.4. The summed E-state index contributed by atoms with van der Waals surface area (Å²) in [5.74, 6) is -0.143. The van der Waals surface area contributed by atoms with Crippen LogP contribution in [0.2, 0.25) is 0 Å². The number of aromatic nitrogens is 4. The van der Waals surface area contributed by atoms with Gasteiger partial charge in [0.2, 0.25) is 0 Å². The Labute approximate surface area is 132 Å². The average molecular weight is 311 g/mol. The summed E-state index contributed by atoms with van der Waals surface area (Å²) in [4.78, 5) is 19.3. The minimum absolute atomic E-state index is 0.0403. The van der Waals surface area contributed by atoms with Crippen LogP contribution in [0.25, 0.3) is 11.0 Å². The van der Waals surface area contributed by atoms with Crippen molar-refractivity contribution in [3.63, 3.8) is 0 Å². The Balaban J connectivity index is 1.80. The first kappa shape index (κ1) is 15.0. The quantitative estimate of drug-likeness (QED) is 0.618. The van der Waals surface area contributed by atoms with Gasteiger partial charge >= 0.3 is 5.97 Å². The largest absolute Gasteiger partial charge is 0.481 e. The molecule has 3 rings (SSSR count). The highest BCUT2D eigenvalue weighted by atomic mass is 16.4. The minimum Gasteiger partial charge on any atom is -0.481 e. The van der Waals surface area contributed by atoms with E-state index in [-0.39, 0.29) is 12.5 Å². The van der Waals surface area contributed by atoms with E-state index in [1.807, 2.05) is 30.3 Å². The Morgan fingerprint density at radius 1 is 1.26 bits per heavy atom. The fourth-order valence-electron chi connectivity index (χ4n) is 2.49. The molecule has 7 heteroatoms. The fourth-order valence-corrected chi connectivity index (χ4v) is 2.49. The van der Waals surface area contributed by atoms with Crippen LogP contribution in [0.1, 0.15) is 18.4 Å². The highest BCUT2D eigenvalue weighted by molar-refractivity contribution is 5.85. The van der Waals surface area contributed by atoms with E-state index < -0.39 is 5.97 Å². The lowest BCUT2D eigenvalue weighted by Gasteiger charge is -2.19. The molecule has 3 N–H and O–H groups in total. The number of hydrogen-bond acceptors (Lipinski definition) is 5. The molecule has 0 amide bonds. The summed E-state index contributed by atoms with van der Waals surface area (Å²) >= 11 is 0.